The Kier molecular flexibility index (Phi) is 6.99. The Hall–Kier alpha value is -2.24. The number of carbonyl (C=O) groups is 1. The zero-order valence-corrected chi connectivity index (χ0v) is 20.0. The number of hydrogen-bond donors (Lipinski definition) is 2. The molecule has 0 saturated heterocycles. The number of phenolic OH excluding ortho intramolecular Hbond substituents is 1. The van der Waals surface area contributed by atoms with Crippen molar-refractivity contribution in [3.63, 3.8) is 0 Å². The van der Waals surface area contributed by atoms with Gasteiger partial charge in [0.15, 0.2) is 4.90 Å². The van der Waals surface area contributed by atoms with E-state index in [2.05, 4.69) is 5.32 Å². The molecule has 0 bridgehead atoms. The minimum absolute atomic E-state index is 0.0651. The predicted octanol–water partition coefficient (Wildman–Crippen LogP) is 4.59. The van der Waals surface area contributed by atoms with Gasteiger partial charge in [-0.15, -0.1) is 0 Å². The van der Waals surface area contributed by atoms with Crippen molar-refractivity contribution < 1.29 is 36.0 Å². The van der Waals surface area contributed by atoms with E-state index in [4.69, 9.17) is 0 Å². The average molecular weight is 492 g/mol. The summed E-state index contributed by atoms with van der Waals surface area (Å²) >= 11 is -1.46. The van der Waals surface area contributed by atoms with E-state index >= 15 is 0 Å². The van der Waals surface area contributed by atoms with Crippen molar-refractivity contribution in [3.05, 3.63) is 46.5 Å². The monoisotopic (exact) mass is 491 g/mol. The third kappa shape index (κ3) is 4.89. The number of sulfone groups is 1. The molecule has 2 rings (SSSR count). The molecule has 0 aromatic heterocycles. The first kappa shape index (κ1) is 26.0. The maximum Gasteiger partial charge on any atom is 0.501 e. The lowest BCUT2D eigenvalue weighted by molar-refractivity contribution is -0.0436. The Labute approximate surface area is 187 Å². The molecule has 1 amide bonds. The van der Waals surface area contributed by atoms with Crippen LogP contribution < -0.4 is 5.32 Å². The van der Waals surface area contributed by atoms with E-state index < -0.39 is 42.7 Å². The second kappa shape index (κ2) is 8.60. The highest BCUT2D eigenvalue weighted by atomic mass is 32.2. The van der Waals surface area contributed by atoms with Crippen LogP contribution in [0, 0.1) is 13.8 Å². The summed E-state index contributed by atoms with van der Waals surface area (Å²) < 4.78 is 73.8. The van der Waals surface area contributed by atoms with Crippen molar-refractivity contribution in [1.82, 2.24) is 0 Å². The quantitative estimate of drug-likeness (QED) is 0.609. The molecule has 0 radical (unpaired) electrons. The van der Waals surface area contributed by atoms with Crippen molar-refractivity contribution >= 4 is 32.6 Å². The number of benzene rings is 2. The van der Waals surface area contributed by atoms with Gasteiger partial charge in [-0.3, -0.25) is 4.79 Å². The fourth-order valence-corrected chi connectivity index (χ4v) is 4.82. The predicted molar refractivity (Wildman–Crippen MR) is 116 cm³/mol. The van der Waals surface area contributed by atoms with E-state index in [-0.39, 0.29) is 22.6 Å². The van der Waals surface area contributed by atoms with Crippen LogP contribution in [-0.2, 0) is 26.4 Å². The molecule has 0 aliphatic rings. The number of nitrogens with one attached hydrogen (secondary N) is 1. The second-order valence-electron chi connectivity index (χ2n) is 8.36. The molecule has 2 N–H and O–H groups in total. The first-order valence-corrected chi connectivity index (χ1v) is 12.4. The zero-order chi connectivity index (χ0) is 24.8. The zero-order valence-electron chi connectivity index (χ0n) is 18.3. The molecule has 1 unspecified atom stereocenters. The number of phenols is 1. The molecule has 0 aliphatic carbocycles. The number of anilines is 1. The largest absolute Gasteiger partial charge is 0.612 e. The van der Waals surface area contributed by atoms with E-state index in [9.17, 15) is 36.0 Å². The van der Waals surface area contributed by atoms with Gasteiger partial charge in [-0.2, -0.15) is 13.2 Å². The lowest BCUT2D eigenvalue weighted by Gasteiger charge is -2.24. The van der Waals surface area contributed by atoms with Crippen LogP contribution >= 0.6 is 0 Å². The Bertz CT molecular complexity index is 1170. The van der Waals surface area contributed by atoms with Gasteiger partial charge in [-0.05, 0) is 54.2 Å². The number of rotatable bonds is 4. The third-order valence-electron chi connectivity index (χ3n) is 4.92. The van der Waals surface area contributed by atoms with Crippen LogP contribution in [0.3, 0.4) is 0 Å². The SMILES string of the molecule is Cc1cc(S(=O)(=O)C(F)(F)F)ccc1NC(=O)c1c(C)c([S+](C)[O-])cc(C(C)(C)C)c1O. The molecule has 0 heterocycles. The minimum atomic E-state index is -5.53. The number of amides is 1. The summed E-state index contributed by atoms with van der Waals surface area (Å²) in [5.41, 5.74) is -5.31. The van der Waals surface area contributed by atoms with E-state index in [1.165, 1.54) is 20.1 Å². The van der Waals surface area contributed by atoms with Crippen LogP contribution in [0.5, 0.6) is 5.75 Å². The molecule has 11 heteroatoms. The van der Waals surface area contributed by atoms with Gasteiger partial charge in [0.05, 0.1) is 10.5 Å². The second-order valence-corrected chi connectivity index (χ2v) is 11.6. The van der Waals surface area contributed by atoms with E-state index in [1.54, 1.807) is 6.07 Å². The van der Waals surface area contributed by atoms with Crippen molar-refractivity contribution in [2.75, 3.05) is 11.6 Å². The van der Waals surface area contributed by atoms with Crippen LogP contribution in [0.4, 0.5) is 18.9 Å². The molecule has 6 nitrogen and oxygen atoms in total. The van der Waals surface area contributed by atoms with E-state index in [1.807, 2.05) is 20.8 Å². The summed E-state index contributed by atoms with van der Waals surface area (Å²) in [5.74, 6) is -1.07. The van der Waals surface area contributed by atoms with Gasteiger partial charge in [0, 0.05) is 22.9 Å². The van der Waals surface area contributed by atoms with Crippen LogP contribution in [0.1, 0.15) is 47.8 Å². The maximum atomic E-state index is 13.0. The van der Waals surface area contributed by atoms with Crippen LogP contribution in [0.2, 0.25) is 0 Å². The van der Waals surface area contributed by atoms with E-state index in [0.717, 1.165) is 18.2 Å². The smallest absolute Gasteiger partial charge is 0.501 e. The molecule has 32 heavy (non-hydrogen) atoms. The van der Waals surface area contributed by atoms with Crippen molar-refractivity contribution in [2.24, 2.45) is 0 Å². The fourth-order valence-electron chi connectivity index (χ4n) is 3.15. The molecular formula is C21H24F3NO5S2. The van der Waals surface area contributed by atoms with Crippen molar-refractivity contribution in [1.29, 1.82) is 0 Å². The normalized spacial score (nSPS) is 13.7. The number of aryl methyl sites for hydroxylation is 1. The van der Waals surface area contributed by atoms with Crippen LogP contribution in [0.15, 0.2) is 34.1 Å². The maximum absolute atomic E-state index is 13.0. The van der Waals surface area contributed by atoms with Crippen LogP contribution in [-0.4, -0.2) is 35.7 Å². The lowest BCUT2D eigenvalue weighted by Crippen LogP contribution is -2.23. The van der Waals surface area contributed by atoms with Gasteiger partial charge < -0.3 is 15.0 Å². The third-order valence-corrected chi connectivity index (χ3v) is 7.45. The summed E-state index contributed by atoms with van der Waals surface area (Å²) in [7, 11) is -5.53. The first-order valence-electron chi connectivity index (χ1n) is 9.33. The Morgan fingerprint density at radius 3 is 2.12 bits per heavy atom. The number of alkyl halides is 3. The molecule has 0 fully saturated rings. The molecule has 0 spiro atoms. The summed E-state index contributed by atoms with van der Waals surface area (Å²) in [6, 6.07) is 4.18. The van der Waals surface area contributed by atoms with Crippen molar-refractivity contribution in [3.8, 4) is 5.75 Å². The Morgan fingerprint density at radius 1 is 1.12 bits per heavy atom. The number of hydrogen-bond acceptors (Lipinski definition) is 5. The van der Waals surface area contributed by atoms with Gasteiger partial charge in [0.1, 0.15) is 12.0 Å². The standard InChI is InChI=1S/C21H24F3NO5S2/c1-11-9-13(32(29,30)21(22,23)24)7-8-15(11)25-19(27)17-12(2)16(31(6)28)10-14(18(17)26)20(3,4)5/h7-10,26H,1-6H3,(H,25,27). The molecule has 0 saturated carbocycles. The molecule has 2 aromatic carbocycles. The molecule has 0 aliphatic heterocycles. The van der Waals surface area contributed by atoms with Gasteiger partial charge in [0.25, 0.3) is 15.7 Å². The van der Waals surface area contributed by atoms with Crippen molar-refractivity contribution in [2.45, 2.75) is 55.3 Å². The van der Waals surface area contributed by atoms with Crippen LogP contribution in [0.25, 0.3) is 0 Å². The lowest BCUT2D eigenvalue weighted by atomic mass is 9.84. The first-order chi connectivity index (χ1) is 14.4. The van der Waals surface area contributed by atoms with Gasteiger partial charge in [-0.1, -0.05) is 20.8 Å². The highest BCUT2D eigenvalue weighted by Gasteiger charge is 2.47. The molecule has 176 valence electrons. The Morgan fingerprint density at radius 2 is 1.69 bits per heavy atom. The highest BCUT2D eigenvalue weighted by Crippen LogP contribution is 2.39. The highest BCUT2D eigenvalue weighted by molar-refractivity contribution is 7.92. The number of aromatic hydroxyl groups is 1. The van der Waals surface area contributed by atoms with Gasteiger partial charge in [0.2, 0.25) is 0 Å². The van der Waals surface area contributed by atoms with Gasteiger partial charge >= 0.3 is 5.51 Å². The summed E-state index contributed by atoms with van der Waals surface area (Å²) in [6.45, 7) is 8.31. The average Bonchev–Trinajstić information content (AvgIpc) is 2.61. The topological polar surface area (TPSA) is 107 Å². The molecular weight excluding hydrogens is 467 g/mol. The molecule has 1 atom stereocenters. The number of halogens is 3. The number of carbonyl (C=O) groups excluding carboxylic acids is 1. The van der Waals surface area contributed by atoms with E-state index in [0.29, 0.717) is 16.0 Å². The molecule has 2 aromatic rings. The summed E-state index contributed by atoms with van der Waals surface area (Å²) in [6.07, 6.45) is 1.44. The summed E-state index contributed by atoms with van der Waals surface area (Å²) in [5, 5.41) is 13.3. The summed E-state index contributed by atoms with van der Waals surface area (Å²) in [4.78, 5) is 12.5. The minimum Gasteiger partial charge on any atom is -0.612 e. The van der Waals surface area contributed by atoms with Gasteiger partial charge in [-0.25, -0.2) is 8.42 Å². The Balaban J connectivity index is 2.55. The fraction of sp³-hybridized carbons (Fsp3) is 0.381.